The van der Waals surface area contributed by atoms with Crippen molar-refractivity contribution in [3.05, 3.63) is 63.9 Å². The normalized spacial score (nSPS) is 12.5. The number of benzene rings is 1. The molecule has 0 radical (unpaired) electrons. The Hall–Kier alpha value is -3.26. The lowest BCUT2D eigenvalue weighted by Gasteiger charge is -2.04. The summed E-state index contributed by atoms with van der Waals surface area (Å²) in [5.74, 6) is -0.331. The highest BCUT2D eigenvalue weighted by molar-refractivity contribution is 7.14. The smallest absolute Gasteiger partial charge is 0.250 e. The Bertz CT molecular complexity index is 1070. The SMILES string of the molecule is O=C(Cn1ccccc1=O)Nc1nc(-c2ccc3c(c2)CC(=O)N3)cs1. The van der Waals surface area contributed by atoms with E-state index in [4.69, 9.17) is 0 Å². The van der Waals surface area contributed by atoms with Crippen LogP contribution in [0.25, 0.3) is 11.3 Å². The number of aromatic nitrogens is 2. The first-order chi connectivity index (χ1) is 12.6. The Morgan fingerprint density at radius 2 is 2.15 bits per heavy atom. The molecular formula is C18H14N4O3S. The van der Waals surface area contributed by atoms with E-state index in [0.717, 1.165) is 22.5 Å². The lowest BCUT2D eigenvalue weighted by molar-refractivity contribution is -0.117. The summed E-state index contributed by atoms with van der Waals surface area (Å²) in [5, 5.41) is 7.81. The van der Waals surface area contributed by atoms with Crippen LogP contribution in [0.4, 0.5) is 10.8 Å². The van der Waals surface area contributed by atoms with Gasteiger partial charge in [0.2, 0.25) is 11.8 Å². The molecule has 0 fully saturated rings. The standard InChI is InChI=1S/C18H14N4O3S/c23-15-8-12-7-11(4-5-13(12)19-15)14-10-26-18(20-14)21-16(24)9-22-6-2-1-3-17(22)25/h1-7,10H,8-9H2,(H,19,23)(H,20,21,24). The first-order valence-corrected chi connectivity index (χ1v) is 8.80. The highest BCUT2D eigenvalue weighted by Crippen LogP contribution is 2.30. The third-order valence-electron chi connectivity index (χ3n) is 3.99. The number of hydrogen-bond acceptors (Lipinski definition) is 5. The van der Waals surface area contributed by atoms with Gasteiger partial charge in [0.25, 0.3) is 5.56 Å². The number of hydrogen-bond donors (Lipinski definition) is 2. The summed E-state index contributed by atoms with van der Waals surface area (Å²) < 4.78 is 1.33. The summed E-state index contributed by atoms with van der Waals surface area (Å²) in [4.78, 5) is 39.6. The maximum Gasteiger partial charge on any atom is 0.250 e. The Balaban J connectivity index is 1.48. The van der Waals surface area contributed by atoms with E-state index in [1.807, 2.05) is 23.6 Å². The number of nitrogens with zero attached hydrogens (tertiary/aromatic N) is 2. The number of carbonyl (C=O) groups is 2. The van der Waals surface area contributed by atoms with Gasteiger partial charge < -0.3 is 15.2 Å². The number of nitrogens with one attached hydrogen (secondary N) is 2. The van der Waals surface area contributed by atoms with E-state index in [9.17, 15) is 14.4 Å². The van der Waals surface area contributed by atoms with Gasteiger partial charge in [0.1, 0.15) is 6.54 Å². The zero-order valence-electron chi connectivity index (χ0n) is 13.6. The number of amides is 2. The van der Waals surface area contributed by atoms with Crippen molar-refractivity contribution in [2.45, 2.75) is 13.0 Å². The molecule has 0 saturated carbocycles. The molecule has 2 N–H and O–H groups in total. The van der Waals surface area contributed by atoms with Crippen LogP contribution in [0.15, 0.2) is 52.8 Å². The molecule has 1 aromatic carbocycles. The molecule has 1 aliphatic rings. The van der Waals surface area contributed by atoms with Crippen molar-refractivity contribution in [1.82, 2.24) is 9.55 Å². The van der Waals surface area contributed by atoms with Gasteiger partial charge in [0.05, 0.1) is 12.1 Å². The molecule has 0 atom stereocenters. The molecule has 1 aliphatic heterocycles. The van der Waals surface area contributed by atoms with Gasteiger partial charge in [-0.25, -0.2) is 4.98 Å². The first-order valence-electron chi connectivity index (χ1n) is 7.92. The summed E-state index contributed by atoms with van der Waals surface area (Å²) in [5.41, 5.74) is 3.15. The minimum Gasteiger partial charge on any atom is -0.326 e. The number of fused-ring (bicyclic) bond motifs is 1. The fraction of sp³-hybridized carbons (Fsp3) is 0.111. The molecule has 7 nitrogen and oxygen atoms in total. The van der Waals surface area contributed by atoms with Crippen LogP contribution >= 0.6 is 11.3 Å². The van der Waals surface area contributed by atoms with E-state index < -0.39 is 0 Å². The number of anilines is 2. The maximum absolute atomic E-state index is 12.1. The fourth-order valence-electron chi connectivity index (χ4n) is 2.76. The van der Waals surface area contributed by atoms with Crippen LogP contribution < -0.4 is 16.2 Å². The van der Waals surface area contributed by atoms with Crippen LogP contribution in [-0.2, 0) is 22.6 Å². The monoisotopic (exact) mass is 366 g/mol. The van der Waals surface area contributed by atoms with E-state index in [1.54, 1.807) is 18.3 Å². The van der Waals surface area contributed by atoms with Crippen LogP contribution in [0, 0.1) is 0 Å². The molecule has 130 valence electrons. The molecule has 26 heavy (non-hydrogen) atoms. The first kappa shape index (κ1) is 16.2. The molecule has 4 rings (SSSR count). The Morgan fingerprint density at radius 3 is 3.00 bits per heavy atom. The maximum atomic E-state index is 12.1. The molecule has 2 amide bonds. The van der Waals surface area contributed by atoms with E-state index >= 15 is 0 Å². The lowest BCUT2D eigenvalue weighted by Crippen LogP contribution is -2.26. The predicted octanol–water partition coefficient (Wildman–Crippen LogP) is 2.11. The van der Waals surface area contributed by atoms with Gasteiger partial charge in [-0.15, -0.1) is 11.3 Å². The summed E-state index contributed by atoms with van der Waals surface area (Å²) >= 11 is 1.31. The predicted molar refractivity (Wildman–Crippen MR) is 99.2 cm³/mol. The number of thiazole rings is 1. The second kappa shape index (κ2) is 6.57. The van der Waals surface area contributed by atoms with Crippen molar-refractivity contribution in [2.75, 3.05) is 10.6 Å². The molecule has 0 unspecified atom stereocenters. The summed E-state index contributed by atoms with van der Waals surface area (Å²) in [6.07, 6.45) is 1.93. The van der Waals surface area contributed by atoms with Crippen molar-refractivity contribution in [2.24, 2.45) is 0 Å². The minimum absolute atomic E-state index is 0.0143. The van der Waals surface area contributed by atoms with E-state index in [2.05, 4.69) is 15.6 Å². The van der Waals surface area contributed by atoms with Crippen molar-refractivity contribution in [3.63, 3.8) is 0 Å². The Kier molecular flexibility index (Phi) is 4.10. The van der Waals surface area contributed by atoms with Crippen LogP contribution in [0.1, 0.15) is 5.56 Å². The average molecular weight is 366 g/mol. The Morgan fingerprint density at radius 1 is 1.27 bits per heavy atom. The highest BCUT2D eigenvalue weighted by atomic mass is 32.1. The van der Waals surface area contributed by atoms with Crippen molar-refractivity contribution >= 4 is 34.0 Å². The molecule has 0 spiro atoms. The largest absolute Gasteiger partial charge is 0.326 e. The molecule has 3 aromatic rings. The van der Waals surface area contributed by atoms with Gasteiger partial charge in [-0.05, 0) is 23.8 Å². The third-order valence-corrected chi connectivity index (χ3v) is 4.75. The molecule has 0 bridgehead atoms. The fourth-order valence-corrected chi connectivity index (χ4v) is 3.49. The van der Waals surface area contributed by atoms with Crippen molar-refractivity contribution in [3.8, 4) is 11.3 Å². The minimum atomic E-state index is -0.317. The topological polar surface area (TPSA) is 93.1 Å². The molecule has 3 heterocycles. The van der Waals surface area contributed by atoms with Crippen molar-refractivity contribution < 1.29 is 9.59 Å². The Labute approximate surface area is 152 Å². The summed E-state index contributed by atoms with van der Waals surface area (Å²) in [6, 6.07) is 10.4. The third kappa shape index (κ3) is 3.27. The second-order valence-corrected chi connectivity index (χ2v) is 6.71. The van der Waals surface area contributed by atoms with Crippen LogP contribution in [-0.4, -0.2) is 21.4 Å². The van der Waals surface area contributed by atoms with E-state index in [0.29, 0.717) is 11.6 Å². The molecule has 0 saturated heterocycles. The van der Waals surface area contributed by atoms with Crippen molar-refractivity contribution in [1.29, 1.82) is 0 Å². The quantitative estimate of drug-likeness (QED) is 0.740. The van der Waals surface area contributed by atoms with Gasteiger partial charge in [-0.2, -0.15) is 0 Å². The average Bonchev–Trinajstić information content (AvgIpc) is 3.21. The zero-order chi connectivity index (χ0) is 18.1. The van der Waals surface area contributed by atoms with E-state index in [-0.39, 0.29) is 23.9 Å². The number of carbonyl (C=O) groups excluding carboxylic acids is 2. The molecule has 2 aromatic heterocycles. The van der Waals surface area contributed by atoms with Gasteiger partial charge in [-0.3, -0.25) is 14.4 Å². The summed E-state index contributed by atoms with van der Waals surface area (Å²) in [6.45, 7) is -0.0682. The van der Waals surface area contributed by atoms with Gasteiger partial charge >= 0.3 is 0 Å². The van der Waals surface area contributed by atoms with Gasteiger partial charge in [0.15, 0.2) is 5.13 Å². The van der Waals surface area contributed by atoms with Crippen LogP contribution in [0.3, 0.4) is 0 Å². The molecule has 0 aliphatic carbocycles. The van der Waals surface area contributed by atoms with Crippen LogP contribution in [0.5, 0.6) is 0 Å². The van der Waals surface area contributed by atoms with E-state index in [1.165, 1.54) is 22.0 Å². The number of pyridine rings is 1. The van der Waals surface area contributed by atoms with Gasteiger partial charge in [0, 0.05) is 28.9 Å². The van der Waals surface area contributed by atoms with Crippen LogP contribution in [0.2, 0.25) is 0 Å². The zero-order valence-corrected chi connectivity index (χ0v) is 14.4. The highest BCUT2D eigenvalue weighted by Gasteiger charge is 2.18. The molecular weight excluding hydrogens is 352 g/mol. The second-order valence-electron chi connectivity index (χ2n) is 5.85. The lowest BCUT2D eigenvalue weighted by atomic mass is 10.1. The number of rotatable bonds is 4. The summed E-state index contributed by atoms with van der Waals surface area (Å²) in [7, 11) is 0. The van der Waals surface area contributed by atoms with Gasteiger partial charge in [-0.1, -0.05) is 12.1 Å². The molecule has 8 heteroatoms.